The number of carbonyl (C=O) groups excluding carboxylic acids is 1. The Kier molecular flexibility index (Phi) is 5.00. The molecule has 2 rings (SSSR count). The third-order valence-electron chi connectivity index (χ3n) is 3.94. The first-order chi connectivity index (χ1) is 9.20. The Hall–Kier alpha value is -1.31. The second-order valence-electron chi connectivity index (χ2n) is 5.68. The summed E-state index contributed by atoms with van der Waals surface area (Å²) in [5.74, 6) is 1.98. The van der Waals surface area contributed by atoms with Gasteiger partial charge in [-0.15, -0.1) is 0 Å². The Labute approximate surface area is 116 Å². The van der Waals surface area contributed by atoms with Crippen molar-refractivity contribution in [2.45, 2.75) is 51.9 Å². The van der Waals surface area contributed by atoms with Crippen molar-refractivity contribution in [3.8, 4) is 5.75 Å². The van der Waals surface area contributed by atoms with Crippen molar-refractivity contribution in [1.29, 1.82) is 0 Å². The molecule has 0 aromatic heterocycles. The normalized spacial score (nSPS) is 23.4. The Bertz CT molecular complexity index is 408. The van der Waals surface area contributed by atoms with Gasteiger partial charge in [-0.1, -0.05) is 32.4 Å². The first kappa shape index (κ1) is 14.1. The molecule has 104 valence electrons. The molecule has 1 aromatic carbocycles. The molecule has 19 heavy (non-hydrogen) atoms. The Morgan fingerprint density at radius 3 is 2.58 bits per heavy atom. The maximum absolute atomic E-state index is 12.1. The Morgan fingerprint density at radius 1 is 1.21 bits per heavy atom. The molecule has 2 atom stereocenters. The predicted molar refractivity (Wildman–Crippen MR) is 77.6 cm³/mol. The van der Waals surface area contributed by atoms with Crippen molar-refractivity contribution in [3.05, 3.63) is 29.8 Å². The van der Waals surface area contributed by atoms with Crippen LogP contribution in [0.15, 0.2) is 24.3 Å². The largest absolute Gasteiger partial charge is 0.494 e. The number of unbranched alkanes of at least 4 members (excludes halogenated alkanes) is 1. The van der Waals surface area contributed by atoms with Crippen LogP contribution < -0.4 is 4.74 Å². The smallest absolute Gasteiger partial charge is 0.140 e. The van der Waals surface area contributed by atoms with Crippen LogP contribution >= 0.6 is 0 Å². The van der Waals surface area contributed by atoms with Crippen LogP contribution in [-0.4, -0.2) is 12.4 Å². The van der Waals surface area contributed by atoms with E-state index in [1.54, 1.807) is 0 Å². The fourth-order valence-corrected chi connectivity index (χ4v) is 2.68. The molecule has 0 N–H and O–H groups in total. The van der Waals surface area contributed by atoms with Crippen LogP contribution in [0.5, 0.6) is 5.75 Å². The minimum atomic E-state index is 0.112. The number of carbonyl (C=O) groups is 1. The monoisotopic (exact) mass is 260 g/mol. The first-order valence-electron chi connectivity index (χ1n) is 7.46. The van der Waals surface area contributed by atoms with Crippen LogP contribution in [0.2, 0.25) is 0 Å². The zero-order chi connectivity index (χ0) is 13.7. The van der Waals surface area contributed by atoms with Gasteiger partial charge in [-0.05, 0) is 42.9 Å². The molecule has 1 saturated carbocycles. The summed E-state index contributed by atoms with van der Waals surface area (Å²) < 4.78 is 5.65. The molecular formula is C17H24O2. The van der Waals surface area contributed by atoms with E-state index >= 15 is 0 Å². The second kappa shape index (κ2) is 6.74. The lowest BCUT2D eigenvalue weighted by atomic mass is 9.78. The number of ether oxygens (including phenoxy) is 1. The summed E-state index contributed by atoms with van der Waals surface area (Å²) in [5, 5.41) is 0. The van der Waals surface area contributed by atoms with Gasteiger partial charge in [-0.3, -0.25) is 4.79 Å². The van der Waals surface area contributed by atoms with Crippen molar-refractivity contribution < 1.29 is 9.53 Å². The van der Waals surface area contributed by atoms with Crippen molar-refractivity contribution in [2.24, 2.45) is 5.92 Å². The Balaban J connectivity index is 1.96. The molecule has 0 bridgehead atoms. The maximum atomic E-state index is 12.1. The average Bonchev–Trinajstić information content (AvgIpc) is 2.40. The lowest BCUT2D eigenvalue weighted by Crippen LogP contribution is -2.21. The number of hydrogen-bond acceptors (Lipinski definition) is 2. The highest BCUT2D eigenvalue weighted by Gasteiger charge is 2.27. The van der Waals surface area contributed by atoms with Crippen LogP contribution in [0.1, 0.15) is 57.4 Å². The number of Topliss-reactive ketones (excluding diaryl/α,β-unsaturated/α-hetero) is 1. The highest BCUT2D eigenvalue weighted by Crippen LogP contribution is 2.33. The van der Waals surface area contributed by atoms with E-state index in [1.165, 1.54) is 0 Å². The van der Waals surface area contributed by atoms with E-state index in [2.05, 4.69) is 26.0 Å². The Morgan fingerprint density at radius 2 is 1.95 bits per heavy atom. The molecule has 2 heteroatoms. The standard InChI is InChI=1S/C17H24O2/c1-3-4-11-19-15-8-6-14(7-9-15)16-10-5-13(2)12-17(16)18/h6-9,13,16H,3-5,10-12H2,1-2H3/t13-,16+/m0/s1. The first-order valence-corrected chi connectivity index (χ1v) is 7.46. The van der Waals surface area contributed by atoms with E-state index in [0.717, 1.165) is 50.0 Å². The molecule has 2 nitrogen and oxygen atoms in total. The fourth-order valence-electron chi connectivity index (χ4n) is 2.68. The maximum Gasteiger partial charge on any atom is 0.140 e. The minimum Gasteiger partial charge on any atom is -0.494 e. The molecule has 1 aromatic rings. The highest BCUT2D eigenvalue weighted by atomic mass is 16.5. The van der Waals surface area contributed by atoms with Gasteiger partial charge in [0.1, 0.15) is 11.5 Å². The van der Waals surface area contributed by atoms with Crippen LogP contribution in [-0.2, 0) is 4.79 Å². The number of rotatable bonds is 5. The molecule has 1 aliphatic carbocycles. The van der Waals surface area contributed by atoms with Crippen LogP contribution in [0.3, 0.4) is 0 Å². The van der Waals surface area contributed by atoms with Crippen LogP contribution in [0.25, 0.3) is 0 Å². The average molecular weight is 260 g/mol. The van der Waals surface area contributed by atoms with Crippen LogP contribution in [0.4, 0.5) is 0 Å². The lowest BCUT2D eigenvalue weighted by Gasteiger charge is -2.25. The summed E-state index contributed by atoms with van der Waals surface area (Å²) in [7, 11) is 0. The van der Waals surface area contributed by atoms with Gasteiger partial charge in [-0.2, -0.15) is 0 Å². The summed E-state index contributed by atoms with van der Waals surface area (Å²) in [6.07, 6.45) is 5.12. The molecule has 0 unspecified atom stereocenters. The summed E-state index contributed by atoms with van der Waals surface area (Å²) in [5.41, 5.74) is 1.15. The van der Waals surface area contributed by atoms with Gasteiger partial charge >= 0.3 is 0 Å². The quantitative estimate of drug-likeness (QED) is 0.736. The van der Waals surface area contributed by atoms with Gasteiger partial charge in [0.2, 0.25) is 0 Å². The fraction of sp³-hybridized carbons (Fsp3) is 0.588. The second-order valence-corrected chi connectivity index (χ2v) is 5.68. The molecule has 0 spiro atoms. The van der Waals surface area contributed by atoms with Gasteiger partial charge in [-0.25, -0.2) is 0 Å². The van der Waals surface area contributed by atoms with E-state index in [4.69, 9.17) is 4.74 Å². The summed E-state index contributed by atoms with van der Waals surface area (Å²) in [6, 6.07) is 8.10. The van der Waals surface area contributed by atoms with Crippen molar-refractivity contribution in [3.63, 3.8) is 0 Å². The zero-order valence-corrected chi connectivity index (χ0v) is 12.0. The predicted octanol–water partition coefficient (Wildman–Crippen LogP) is 4.34. The number of benzene rings is 1. The van der Waals surface area contributed by atoms with E-state index in [1.807, 2.05) is 12.1 Å². The van der Waals surface area contributed by atoms with Crippen molar-refractivity contribution >= 4 is 5.78 Å². The zero-order valence-electron chi connectivity index (χ0n) is 12.0. The van der Waals surface area contributed by atoms with Gasteiger partial charge in [0.25, 0.3) is 0 Å². The molecule has 0 aliphatic heterocycles. The SMILES string of the molecule is CCCCOc1ccc([C@H]2CC[C@H](C)CC2=O)cc1. The molecule has 1 aliphatic rings. The molecule has 0 amide bonds. The lowest BCUT2D eigenvalue weighted by molar-refractivity contribution is -0.123. The van der Waals surface area contributed by atoms with Crippen molar-refractivity contribution in [1.82, 2.24) is 0 Å². The van der Waals surface area contributed by atoms with Gasteiger partial charge in [0.15, 0.2) is 0 Å². The van der Waals surface area contributed by atoms with Gasteiger partial charge in [0.05, 0.1) is 6.61 Å². The third kappa shape index (κ3) is 3.82. The molecule has 1 fully saturated rings. The molecule has 0 radical (unpaired) electrons. The van der Waals surface area contributed by atoms with Gasteiger partial charge in [0, 0.05) is 12.3 Å². The molecule has 0 heterocycles. The number of hydrogen-bond donors (Lipinski definition) is 0. The van der Waals surface area contributed by atoms with E-state index in [9.17, 15) is 4.79 Å². The summed E-state index contributed by atoms with van der Waals surface area (Å²) in [6.45, 7) is 5.09. The minimum absolute atomic E-state index is 0.112. The highest BCUT2D eigenvalue weighted by molar-refractivity contribution is 5.86. The van der Waals surface area contributed by atoms with Crippen LogP contribution in [0, 0.1) is 5.92 Å². The van der Waals surface area contributed by atoms with E-state index in [0.29, 0.717) is 11.7 Å². The summed E-state index contributed by atoms with van der Waals surface area (Å²) >= 11 is 0. The molecule has 0 saturated heterocycles. The van der Waals surface area contributed by atoms with E-state index < -0.39 is 0 Å². The topological polar surface area (TPSA) is 26.3 Å². The molecular weight excluding hydrogens is 236 g/mol. The third-order valence-corrected chi connectivity index (χ3v) is 3.94. The number of ketones is 1. The van der Waals surface area contributed by atoms with Crippen molar-refractivity contribution in [2.75, 3.05) is 6.61 Å². The van der Waals surface area contributed by atoms with E-state index in [-0.39, 0.29) is 5.92 Å². The van der Waals surface area contributed by atoms with Gasteiger partial charge < -0.3 is 4.74 Å². The summed E-state index contributed by atoms with van der Waals surface area (Å²) in [4.78, 5) is 12.1.